The van der Waals surface area contributed by atoms with Crippen LogP contribution in [0.25, 0.3) is 0 Å². The van der Waals surface area contributed by atoms with E-state index >= 15 is 0 Å². The van der Waals surface area contributed by atoms with E-state index in [1.165, 1.54) is 0 Å². The van der Waals surface area contributed by atoms with Gasteiger partial charge in [-0.15, -0.1) is 0 Å². The molecule has 4 heteroatoms. The van der Waals surface area contributed by atoms with Crippen LogP contribution in [0.5, 0.6) is 0 Å². The molecular formula is C11H19NO3. The van der Waals surface area contributed by atoms with Gasteiger partial charge >= 0.3 is 0 Å². The SMILES string of the molecule is COCC(C)NCCOCc1ccco1. The highest BCUT2D eigenvalue weighted by molar-refractivity contribution is 4.95. The van der Waals surface area contributed by atoms with Crippen molar-refractivity contribution in [3.63, 3.8) is 0 Å². The van der Waals surface area contributed by atoms with E-state index in [1.54, 1.807) is 13.4 Å². The van der Waals surface area contributed by atoms with E-state index in [0.717, 1.165) is 18.9 Å². The molecule has 1 heterocycles. The van der Waals surface area contributed by atoms with Crippen molar-refractivity contribution >= 4 is 0 Å². The van der Waals surface area contributed by atoms with Crippen LogP contribution in [0.2, 0.25) is 0 Å². The summed E-state index contributed by atoms with van der Waals surface area (Å²) >= 11 is 0. The van der Waals surface area contributed by atoms with Gasteiger partial charge < -0.3 is 19.2 Å². The third kappa shape index (κ3) is 5.57. The van der Waals surface area contributed by atoms with Crippen molar-refractivity contribution in [3.05, 3.63) is 24.2 Å². The average molecular weight is 213 g/mol. The molecule has 4 nitrogen and oxygen atoms in total. The third-order valence-corrected chi connectivity index (χ3v) is 1.98. The molecule has 0 amide bonds. The zero-order chi connectivity index (χ0) is 10.9. The molecule has 86 valence electrons. The predicted octanol–water partition coefficient (Wildman–Crippen LogP) is 1.42. The first kappa shape index (κ1) is 12.2. The second-order valence-electron chi connectivity index (χ2n) is 3.44. The molecule has 1 rings (SSSR count). The van der Waals surface area contributed by atoms with Crippen molar-refractivity contribution in [1.82, 2.24) is 5.32 Å². The molecule has 0 saturated heterocycles. The van der Waals surface area contributed by atoms with Crippen molar-refractivity contribution in [2.45, 2.75) is 19.6 Å². The first-order valence-electron chi connectivity index (χ1n) is 5.15. The molecule has 0 radical (unpaired) electrons. The average Bonchev–Trinajstić information content (AvgIpc) is 2.70. The van der Waals surface area contributed by atoms with E-state index in [4.69, 9.17) is 13.9 Å². The molecule has 1 aromatic heterocycles. The van der Waals surface area contributed by atoms with Gasteiger partial charge in [-0.1, -0.05) is 0 Å². The monoisotopic (exact) mass is 213 g/mol. The standard InChI is InChI=1S/C11H19NO3/c1-10(8-13-2)12-5-7-14-9-11-4-3-6-15-11/h3-4,6,10,12H,5,7-9H2,1-2H3. The van der Waals surface area contributed by atoms with Crippen molar-refractivity contribution in [2.24, 2.45) is 0 Å². The van der Waals surface area contributed by atoms with Crippen LogP contribution in [-0.2, 0) is 16.1 Å². The fourth-order valence-electron chi connectivity index (χ4n) is 1.25. The lowest BCUT2D eigenvalue weighted by Gasteiger charge is -2.12. The van der Waals surface area contributed by atoms with Gasteiger partial charge in [0, 0.05) is 19.7 Å². The fraction of sp³-hybridized carbons (Fsp3) is 0.636. The van der Waals surface area contributed by atoms with E-state index in [1.807, 2.05) is 12.1 Å². The van der Waals surface area contributed by atoms with Crippen LogP contribution in [-0.4, -0.2) is 32.9 Å². The van der Waals surface area contributed by atoms with Gasteiger partial charge in [-0.25, -0.2) is 0 Å². The fourth-order valence-corrected chi connectivity index (χ4v) is 1.25. The third-order valence-electron chi connectivity index (χ3n) is 1.98. The Balaban J connectivity index is 1.93. The Labute approximate surface area is 90.6 Å². The lowest BCUT2D eigenvalue weighted by atomic mass is 10.3. The minimum Gasteiger partial charge on any atom is -0.467 e. The first-order chi connectivity index (χ1) is 7.33. The maximum atomic E-state index is 5.41. The molecule has 0 aliphatic carbocycles. The molecule has 0 aromatic carbocycles. The predicted molar refractivity (Wildman–Crippen MR) is 57.7 cm³/mol. The van der Waals surface area contributed by atoms with Crippen LogP contribution >= 0.6 is 0 Å². The van der Waals surface area contributed by atoms with Crippen LogP contribution in [0.1, 0.15) is 12.7 Å². The first-order valence-corrected chi connectivity index (χ1v) is 5.15. The molecule has 1 N–H and O–H groups in total. The smallest absolute Gasteiger partial charge is 0.129 e. The van der Waals surface area contributed by atoms with Crippen LogP contribution in [0, 0.1) is 0 Å². The van der Waals surface area contributed by atoms with E-state index in [2.05, 4.69) is 12.2 Å². The van der Waals surface area contributed by atoms with Crippen LogP contribution in [0.3, 0.4) is 0 Å². The second kappa shape index (κ2) is 7.45. The Hall–Kier alpha value is -0.840. The Morgan fingerprint density at radius 2 is 2.40 bits per heavy atom. The van der Waals surface area contributed by atoms with Gasteiger partial charge in [-0.2, -0.15) is 0 Å². The zero-order valence-corrected chi connectivity index (χ0v) is 9.36. The number of hydrogen-bond acceptors (Lipinski definition) is 4. The summed E-state index contributed by atoms with van der Waals surface area (Å²) in [7, 11) is 1.70. The highest BCUT2D eigenvalue weighted by atomic mass is 16.5. The van der Waals surface area contributed by atoms with Gasteiger partial charge in [-0.05, 0) is 19.1 Å². The number of furan rings is 1. The quantitative estimate of drug-likeness (QED) is 0.663. The highest BCUT2D eigenvalue weighted by Gasteiger charge is 1.99. The molecule has 1 aromatic rings. The molecule has 0 aliphatic heterocycles. The van der Waals surface area contributed by atoms with Crippen molar-refractivity contribution in [1.29, 1.82) is 0 Å². The maximum Gasteiger partial charge on any atom is 0.129 e. The van der Waals surface area contributed by atoms with E-state index in [9.17, 15) is 0 Å². The van der Waals surface area contributed by atoms with Crippen molar-refractivity contribution in [3.8, 4) is 0 Å². The Bertz CT molecular complexity index is 236. The second-order valence-corrected chi connectivity index (χ2v) is 3.44. The van der Waals surface area contributed by atoms with Crippen molar-refractivity contribution in [2.75, 3.05) is 26.9 Å². The van der Waals surface area contributed by atoms with Gasteiger partial charge in [0.15, 0.2) is 0 Å². The van der Waals surface area contributed by atoms with Gasteiger partial charge in [0.25, 0.3) is 0 Å². The topological polar surface area (TPSA) is 43.6 Å². The van der Waals surface area contributed by atoms with Gasteiger partial charge in [0.05, 0.1) is 19.5 Å². The molecule has 0 spiro atoms. The minimum absolute atomic E-state index is 0.363. The molecule has 0 aliphatic rings. The summed E-state index contributed by atoms with van der Waals surface area (Å²) in [5, 5.41) is 3.28. The zero-order valence-electron chi connectivity index (χ0n) is 9.36. The lowest BCUT2D eigenvalue weighted by molar-refractivity contribution is 0.102. The number of rotatable bonds is 8. The minimum atomic E-state index is 0.363. The van der Waals surface area contributed by atoms with E-state index in [0.29, 0.717) is 19.3 Å². The maximum absolute atomic E-state index is 5.41. The molecule has 1 atom stereocenters. The highest BCUT2D eigenvalue weighted by Crippen LogP contribution is 2.00. The van der Waals surface area contributed by atoms with Gasteiger partial charge in [-0.3, -0.25) is 0 Å². The molecule has 15 heavy (non-hydrogen) atoms. The molecule has 1 unspecified atom stereocenters. The van der Waals surface area contributed by atoms with Crippen LogP contribution < -0.4 is 5.32 Å². The largest absolute Gasteiger partial charge is 0.467 e. The van der Waals surface area contributed by atoms with Crippen LogP contribution in [0.4, 0.5) is 0 Å². The lowest BCUT2D eigenvalue weighted by Crippen LogP contribution is -2.32. The molecule has 0 fully saturated rings. The summed E-state index contributed by atoms with van der Waals surface area (Å²) in [6, 6.07) is 4.13. The van der Waals surface area contributed by atoms with Crippen LogP contribution in [0.15, 0.2) is 22.8 Å². The number of nitrogens with one attached hydrogen (secondary N) is 1. The van der Waals surface area contributed by atoms with E-state index < -0.39 is 0 Å². The normalized spacial score (nSPS) is 12.9. The summed E-state index contributed by atoms with van der Waals surface area (Å²) in [6.45, 7) is 4.83. The summed E-state index contributed by atoms with van der Waals surface area (Å²) in [5.41, 5.74) is 0. The van der Waals surface area contributed by atoms with Crippen molar-refractivity contribution < 1.29 is 13.9 Å². The number of hydrogen-bond donors (Lipinski definition) is 1. The summed E-state index contributed by atoms with van der Waals surface area (Å²) in [6.07, 6.45) is 1.65. The Kier molecular flexibility index (Phi) is 6.08. The molecule has 0 saturated carbocycles. The Morgan fingerprint density at radius 1 is 1.53 bits per heavy atom. The summed E-state index contributed by atoms with van der Waals surface area (Å²) < 4.78 is 15.5. The van der Waals surface area contributed by atoms with Gasteiger partial charge in [0.1, 0.15) is 12.4 Å². The summed E-state index contributed by atoms with van der Waals surface area (Å²) in [5.74, 6) is 0.861. The summed E-state index contributed by atoms with van der Waals surface area (Å²) in [4.78, 5) is 0. The number of methoxy groups -OCH3 is 1. The molecule has 0 bridgehead atoms. The van der Waals surface area contributed by atoms with E-state index in [-0.39, 0.29) is 0 Å². The van der Waals surface area contributed by atoms with Gasteiger partial charge in [0.2, 0.25) is 0 Å². The molecular weight excluding hydrogens is 194 g/mol. The Morgan fingerprint density at radius 3 is 3.07 bits per heavy atom. The number of ether oxygens (including phenoxy) is 2.